The van der Waals surface area contributed by atoms with Crippen LogP contribution in [-0.2, 0) is 13.2 Å². The molecule has 18 heavy (non-hydrogen) atoms. The van der Waals surface area contributed by atoms with Gasteiger partial charge in [0, 0.05) is 18.8 Å². The summed E-state index contributed by atoms with van der Waals surface area (Å²) >= 11 is 5.73. The van der Waals surface area contributed by atoms with Gasteiger partial charge in [-0.15, -0.1) is 0 Å². The third-order valence-corrected chi connectivity index (χ3v) is 2.79. The molecule has 7 heteroatoms. The lowest BCUT2D eigenvalue weighted by Gasteiger charge is -2.12. The fraction of sp³-hybridized carbons (Fsp3) is 0.182. The summed E-state index contributed by atoms with van der Waals surface area (Å²) in [7, 11) is 1.67. The highest BCUT2D eigenvalue weighted by atomic mass is 35.5. The van der Waals surface area contributed by atoms with Gasteiger partial charge in [-0.1, -0.05) is 11.6 Å². The van der Waals surface area contributed by atoms with Gasteiger partial charge >= 0.3 is 6.18 Å². The van der Waals surface area contributed by atoms with Crippen LogP contribution in [0.3, 0.4) is 0 Å². The summed E-state index contributed by atoms with van der Waals surface area (Å²) in [5, 5.41) is 3.78. The Hall–Kier alpha value is -1.69. The molecular weight excluding hydrogens is 267 g/mol. The Morgan fingerprint density at radius 3 is 2.44 bits per heavy atom. The van der Waals surface area contributed by atoms with Gasteiger partial charge in [-0.25, -0.2) is 0 Å². The number of aryl methyl sites for hydroxylation is 1. The average Bonchev–Trinajstić information content (AvgIpc) is 2.67. The number of hydrogen-bond donors (Lipinski definition) is 1. The van der Waals surface area contributed by atoms with Crippen LogP contribution in [0.2, 0.25) is 5.02 Å². The van der Waals surface area contributed by atoms with Crippen molar-refractivity contribution in [2.45, 2.75) is 6.18 Å². The molecule has 3 nitrogen and oxygen atoms in total. The van der Waals surface area contributed by atoms with Gasteiger partial charge in [-0.2, -0.15) is 18.3 Å². The lowest BCUT2D eigenvalue weighted by atomic mass is 10.0. The van der Waals surface area contributed by atoms with E-state index in [4.69, 9.17) is 17.3 Å². The monoisotopic (exact) mass is 275 g/mol. The molecule has 0 fully saturated rings. The smallest absolute Gasteiger partial charge is 0.397 e. The van der Waals surface area contributed by atoms with Crippen LogP contribution in [0.5, 0.6) is 0 Å². The van der Waals surface area contributed by atoms with Crippen LogP contribution in [0.25, 0.3) is 11.1 Å². The molecule has 0 saturated carbocycles. The third-order valence-electron chi connectivity index (χ3n) is 2.47. The maximum atomic E-state index is 12.8. The Morgan fingerprint density at radius 1 is 1.28 bits per heavy atom. The van der Waals surface area contributed by atoms with Crippen LogP contribution in [0.4, 0.5) is 18.9 Å². The number of nitrogens with zero attached hydrogens (tertiary/aromatic N) is 2. The summed E-state index contributed by atoms with van der Waals surface area (Å²) in [6.45, 7) is 0. The number of anilines is 1. The highest BCUT2D eigenvalue weighted by Crippen LogP contribution is 2.39. The first-order valence-electron chi connectivity index (χ1n) is 4.94. The molecule has 2 rings (SSSR count). The SMILES string of the molecule is Cn1cc(-c2cc(Cl)c(N)c(C(F)(F)F)c2)cn1. The molecule has 2 aromatic rings. The van der Waals surface area contributed by atoms with Crippen molar-refractivity contribution >= 4 is 17.3 Å². The highest BCUT2D eigenvalue weighted by Gasteiger charge is 2.34. The molecule has 0 unspecified atom stereocenters. The second-order valence-electron chi connectivity index (χ2n) is 3.82. The van der Waals surface area contributed by atoms with Gasteiger partial charge in [0.15, 0.2) is 0 Å². The lowest BCUT2D eigenvalue weighted by molar-refractivity contribution is -0.136. The van der Waals surface area contributed by atoms with Crippen LogP contribution in [0, 0.1) is 0 Å². The molecule has 0 atom stereocenters. The fourth-order valence-corrected chi connectivity index (χ4v) is 1.81. The van der Waals surface area contributed by atoms with Gasteiger partial charge in [0.2, 0.25) is 0 Å². The molecule has 0 saturated heterocycles. The molecule has 0 aliphatic heterocycles. The Labute approximate surface area is 106 Å². The quantitative estimate of drug-likeness (QED) is 0.811. The zero-order chi connectivity index (χ0) is 13.5. The molecular formula is C11H9ClF3N3. The summed E-state index contributed by atoms with van der Waals surface area (Å²) in [5.74, 6) is 0. The molecule has 2 N–H and O–H groups in total. The highest BCUT2D eigenvalue weighted by molar-refractivity contribution is 6.33. The Kier molecular flexibility index (Phi) is 2.98. The standard InChI is InChI=1S/C11H9ClF3N3/c1-18-5-7(4-17-18)6-2-8(11(13,14)15)10(16)9(12)3-6/h2-5H,16H2,1H3. The molecule has 1 heterocycles. The van der Waals surface area contributed by atoms with Gasteiger partial charge in [0.25, 0.3) is 0 Å². The van der Waals surface area contributed by atoms with E-state index in [1.807, 2.05) is 0 Å². The molecule has 1 aromatic heterocycles. The second kappa shape index (κ2) is 4.20. The van der Waals surface area contributed by atoms with Crippen molar-refractivity contribution in [1.82, 2.24) is 9.78 Å². The minimum Gasteiger partial charge on any atom is -0.397 e. The van der Waals surface area contributed by atoms with Crippen molar-refractivity contribution in [1.29, 1.82) is 0 Å². The predicted octanol–water partition coefficient (Wildman–Crippen LogP) is 3.34. The Balaban J connectivity index is 2.61. The predicted molar refractivity (Wildman–Crippen MR) is 63.1 cm³/mol. The first-order chi connectivity index (χ1) is 8.29. The topological polar surface area (TPSA) is 43.8 Å². The molecule has 0 bridgehead atoms. The van der Waals surface area contributed by atoms with Crippen molar-refractivity contribution in [3.8, 4) is 11.1 Å². The van der Waals surface area contributed by atoms with Crippen molar-refractivity contribution in [2.75, 3.05) is 5.73 Å². The zero-order valence-corrected chi connectivity index (χ0v) is 10.0. The van der Waals surface area contributed by atoms with E-state index >= 15 is 0 Å². The lowest BCUT2D eigenvalue weighted by Crippen LogP contribution is -2.09. The first-order valence-corrected chi connectivity index (χ1v) is 5.32. The van der Waals surface area contributed by atoms with Crippen LogP contribution in [-0.4, -0.2) is 9.78 Å². The van der Waals surface area contributed by atoms with E-state index in [1.165, 1.54) is 16.9 Å². The van der Waals surface area contributed by atoms with Crippen molar-refractivity contribution in [3.63, 3.8) is 0 Å². The number of rotatable bonds is 1. The molecule has 96 valence electrons. The number of hydrogen-bond acceptors (Lipinski definition) is 2. The van der Waals surface area contributed by atoms with E-state index in [0.717, 1.165) is 6.07 Å². The minimum absolute atomic E-state index is 0.122. The van der Waals surface area contributed by atoms with Crippen LogP contribution in [0.15, 0.2) is 24.5 Å². The third kappa shape index (κ3) is 2.28. The van der Waals surface area contributed by atoms with E-state index in [9.17, 15) is 13.2 Å². The summed E-state index contributed by atoms with van der Waals surface area (Å²) in [4.78, 5) is 0. The molecule has 0 spiro atoms. The zero-order valence-electron chi connectivity index (χ0n) is 9.29. The number of aromatic nitrogens is 2. The van der Waals surface area contributed by atoms with Gasteiger partial charge in [0.05, 0.1) is 22.5 Å². The van der Waals surface area contributed by atoms with Gasteiger partial charge in [0.1, 0.15) is 0 Å². The van der Waals surface area contributed by atoms with Crippen molar-refractivity contribution in [2.24, 2.45) is 7.05 Å². The molecule has 0 amide bonds. The van der Waals surface area contributed by atoms with E-state index in [2.05, 4.69) is 5.10 Å². The van der Waals surface area contributed by atoms with E-state index in [-0.39, 0.29) is 5.02 Å². The van der Waals surface area contributed by atoms with Gasteiger partial charge in [-0.3, -0.25) is 4.68 Å². The first kappa shape index (κ1) is 12.8. The Morgan fingerprint density at radius 2 is 1.94 bits per heavy atom. The summed E-state index contributed by atoms with van der Waals surface area (Å²) in [6, 6.07) is 2.36. The molecule has 0 aliphatic carbocycles. The van der Waals surface area contributed by atoms with Gasteiger partial charge in [-0.05, 0) is 17.7 Å². The van der Waals surface area contributed by atoms with E-state index < -0.39 is 17.4 Å². The number of nitrogen functional groups attached to an aromatic ring is 1. The number of halogens is 4. The molecule has 0 radical (unpaired) electrons. The summed E-state index contributed by atoms with van der Waals surface area (Å²) < 4.78 is 39.8. The normalized spacial score (nSPS) is 11.8. The Bertz CT molecular complexity index is 590. The van der Waals surface area contributed by atoms with Gasteiger partial charge < -0.3 is 5.73 Å². The van der Waals surface area contributed by atoms with Crippen LogP contribution < -0.4 is 5.73 Å². The summed E-state index contributed by atoms with van der Waals surface area (Å²) in [5.41, 5.74) is 4.83. The second-order valence-corrected chi connectivity index (χ2v) is 4.23. The fourth-order valence-electron chi connectivity index (χ4n) is 1.59. The largest absolute Gasteiger partial charge is 0.418 e. The van der Waals surface area contributed by atoms with Crippen LogP contribution in [0.1, 0.15) is 5.56 Å². The summed E-state index contributed by atoms with van der Waals surface area (Å²) in [6.07, 6.45) is -1.48. The maximum absolute atomic E-state index is 12.8. The molecule has 1 aromatic carbocycles. The van der Waals surface area contributed by atoms with Crippen molar-refractivity contribution in [3.05, 3.63) is 35.1 Å². The number of alkyl halides is 3. The number of nitrogens with two attached hydrogens (primary N) is 1. The van der Waals surface area contributed by atoms with E-state index in [0.29, 0.717) is 11.1 Å². The average molecular weight is 276 g/mol. The van der Waals surface area contributed by atoms with Crippen molar-refractivity contribution < 1.29 is 13.2 Å². The van der Waals surface area contributed by atoms with Crippen LogP contribution >= 0.6 is 11.6 Å². The molecule has 0 aliphatic rings. The van der Waals surface area contributed by atoms with E-state index in [1.54, 1.807) is 13.2 Å². The minimum atomic E-state index is -4.54. The maximum Gasteiger partial charge on any atom is 0.418 e. The number of benzene rings is 1.